The lowest BCUT2D eigenvalue weighted by Gasteiger charge is -2.22. The molecular formula is C16H22N4O2. The second-order valence-corrected chi connectivity index (χ2v) is 5.58. The number of hydrogen-bond donors (Lipinski definition) is 2. The van der Waals surface area contributed by atoms with E-state index in [1.165, 1.54) is 19.3 Å². The molecule has 0 spiro atoms. The first-order chi connectivity index (χ1) is 10.6. The smallest absolute Gasteiger partial charge is 0.289 e. The molecule has 0 saturated heterocycles. The summed E-state index contributed by atoms with van der Waals surface area (Å²) in [6, 6.07) is 5.37. The molecule has 1 aliphatic carbocycles. The number of rotatable bonds is 5. The Bertz CT molecular complexity index is 536. The lowest BCUT2D eigenvalue weighted by Crippen LogP contribution is -2.37. The van der Waals surface area contributed by atoms with E-state index in [2.05, 4.69) is 20.8 Å². The average molecular weight is 302 g/mol. The summed E-state index contributed by atoms with van der Waals surface area (Å²) in [5.41, 5.74) is 3.28. The van der Waals surface area contributed by atoms with Crippen LogP contribution in [0, 0.1) is 0 Å². The van der Waals surface area contributed by atoms with Gasteiger partial charge in [0.2, 0.25) is 5.91 Å². The zero-order valence-corrected chi connectivity index (χ0v) is 12.8. The quantitative estimate of drug-likeness (QED) is 0.645. The highest BCUT2D eigenvalue weighted by Gasteiger charge is 2.16. The summed E-state index contributed by atoms with van der Waals surface area (Å²) in [5, 5.41) is 6.97. The van der Waals surface area contributed by atoms with Crippen molar-refractivity contribution in [3.8, 4) is 0 Å². The first-order valence-corrected chi connectivity index (χ1v) is 7.69. The molecular weight excluding hydrogens is 280 g/mol. The molecule has 6 heteroatoms. The average Bonchev–Trinajstić information content (AvgIpc) is 2.54. The molecule has 1 aromatic rings. The molecule has 0 aromatic carbocycles. The van der Waals surface area contributed by atoms with Crippen molar-refractivity contribution >= 4 is 17.5 Å². The third kappa shape index (κ3) is 5.27. The molecule has 2 amide bonds. The maximum atomic E-state index is 11.9. The first kappa shape index (κ1) is 16.1. The number of pyridine rings is 1. The van der Waals surface area contributed by atoms with Crippen LogP contribution >= 0.6 is 0 Å². The second kappa shape index (κ2) is 8.26. The van der Waals surface area contributed by atoms with E-state index in [0.717, 1.165) is 12.8 Å². The normalized spacial score (nSPS) is 16.1. The number of nitrogens with zero attached hydrogens (tertiary/aromatic N) is 2. The minimum Gasteiger partial charge on any atom is -0.353 e. The molecule has 1 aliphatic rings. The number of hydrazone groups is 1. The molecule has 118 valence electrons. The van der Waals surface area contributed by atoms with Gasteiger partial charge in [-0.3, -0.25) is 14.6 Å². The van der Waals surface area contributed by atoms with Crippen LogP contribution in [0.15, 0.2) is 29.5 Å². The molecule has 0 radical (unpaired) electrons. The molecule has 0 bridgehead atoms. The van der Waals surface area contributed by atoms with E-state index in [4.69, 9.17) is 0 Å². The Morgan fingerprint density at radius 3 is 2.73 bits per heavy atom. The fourth-order valence-corrected chi connectivity index (χ4v) is 2.50. The highest BCUT2D eigenvalue weighted by molar-refractivity contribution is 6.01. The molecule has 0 aliphatic heterocycles. The lowest BCUT2D eigenvalue weighted by molar-refractivity contribution is -0.120. The van der Waals surface area contributed by atoms with Gasteiger partial charge in [0, 0.05) is 18.0 Å². The summed E-state index contributed by atoms with van der Waals surface area (Å²) in [4.78, 5) is 27.6. The van der Waals surface area contributed by atoms with E-state index in [1.807, 2.05) is 0 Å². The first-order valence-electron chi connectivity index (χ1n) is 7.69. The topological polar surface area (TPSA) is 83.5 Å². The van der Waals surface area contributed by atoms with E-state index >= 15 is 0 Å². The molecule has 22 heavy (non-hydrogen) atoms. The highest BCUT2D eigenvalue weighted by Crippen LogP contribution is 2.17. The van der Waals surface area contributed by atoms with Gasteiger partial charge in [0.15, 0.2) is 0 Å². The number of nitrogens with one attached hydrogen (secondary N) is 2. The van der Waals surface area contributed by atoms with Gasteiger partial charge >= 0.3 is 0 Å². The Balaban J connectivity index is 1.77. The van der Waals surface area contributed by atoms with Gasteiger partial charge in [-0.25, -0.2) is 5.43 Å². The summed E-state index contributed by atoms with van der Waals surface area (Å²) >= 11 is 0. The van der Waals surface area contributed by atoms with Gasteiger partial charge in [0.05, 0.1) is 6.42 Å². The van der Waals surface area contributed by atoms with E-state index < -0.39 is 0 Å². The molecule has 0 atom stereocenters. The van der Waals surface area contributed by atoms with E-state index in [0.29, 0.717) is 11.4 Å². The Morgan fingerprint density at radius 1 is 1.27 bits per heavy atom. The summed E-state index contributed by atoms with van der Waals surface area (Å²) in [6.45, 7) is 1.72. The summed E-state index contributed by atoms with van der Waals surface area (Å²) in [5.74, 6) is -0.423. The van der Waals surface area contributed by atoms with Crippen LogP contribution in [-0.2, 0) is 4.79 Å². The summed E-state index contributed by atoms with van der Waals surface area (Å²) < 4.78 is 0. The molecule has 1 aromatic heterocycles. The van der Waals surface area contributed by atoms with E-state index in [9.17, 15) is 9.59 Å². The van der Waals surface area contributed by atoms with Crippen molar-refractivity contribution in [2.24, 2.45) is 5.10 Å². The zero-order valence-electron chi connectivity index (χ0n) is 12.8. The zero-order chi connectivity index (χ0) is 15.8. The monoisotopic (exact) mass is 302 g/mol. The maximum absolute atomic E-state index is 11.9. The fraction of sp³-hybridized carbons (Fsp3) is 0.500. The van der Waals surface area contributed by atoms with Crippen molar-refractivity contribution in [3.63, 3.8) is 0 Å². The third-order valence-corrected chi connectivity index (χ3v) is 3.63. The molecule has 1 fully saturated rings. The van der Waals surface area contributed by atoms with Crippen LogP contribution in [0.1, 0.15) is 55.9 Å². The van der Waals surface area contributed by atoms with Crippen molar-refractivity contribution in [1.82, 2.24) is 15.7 Å². The Morgan fingerprint density at radius 2 is 2.05 bits per heavy atom. The minimum absolute atomic E-state index is 0.0414. The van der Waals surface area contributed by atoms with Crippen molar-refractivity contribution < 1.29 is 9.59 Å². The van der Waals surface area contributed by atoms with Crippen LogP contribution in [0.3, 0.4) is 0 Å². The Labute approximate surface area is 130 Å². The SMILES string of the molecule is C/C(CC(=O)NC1CCCCC1)=N\NC(=O)c1ccccn1. The predicted octanol–water partition coefficient (Wildman–Crippen LogP) is 2.03. The highest BCUT2D eigenvalue weighted by atomic mass is 16.2. The van der Waals surface area contributed by atoms with Gasteiger partial charge in [0.1, 0.15) is 5.69 Å². The van der Waals surface area contributed by atoms with Crippen LogP contribution in [0.2, 0.25) is 0 Å². The molecule has 0 unspecified atom stereocenters. The lowest BCUT2D eigenvalue weighted by atomic mass is 9.95. The van der Waals surface area contributed by atoms with E-state index in [1.54, 1.807) is 31.3 Å². The Hall–Kier alpha value is -2.24. The van der Waals surface area contributed by atoms with Crippen LogP contribution in [0.5, 0.6) is 0 Å². The predicted molar refractivity (Wildman–Crippen MR) is 84.4 cm³/mol. The van der Waals surface area contributed by atoms with Gasteiger partial charge in [-0.2, -0.15) is 5.10 Å². The molecule has 1 heterocycles. The second-order valence-electron chi connectivity index (χ2n) is 5.58. The van der Waals surface area contributed by atoms with Gasteiger partial charge in [-0.05, 0) is 31.9 Å². The standard InChI is InChI=1S/C16H22N4O2/c1-12(11-15(21)18-13-7-3-2-4-8-13)19-20-16(22)14-9-5-6-10-17-14/h5-6,9-10,13H,2-4,7-8,11H2,1H3,(H,18,21)(H,20,22)/b19-12+. The maximum Gasteiger partial charge on any atom is 0.289 e. The Kier molecular flexibility index (Phi) is 6.06. The van der Waals surface area contributed by atoms with Crippen LogP contribution in [-0.4, -0.2) is 28.6 Å². The fourth-order valence-electron chi connectivity index (χ4n) is 2.50. The number of hydrogen-bond acceptors (Lipinski definition) is 4. The minimum atomic E-state index is -0.382. The largest absolute Gasteiger partial charge is 0.353 e. The van der Waals surface area contributed by atoms with E-state index in [-0.39, 0.29) is 24.3 Å². The third-order valence-electron chi connectivity index (χ3n) is 3.63. The number of carbonyl (C=O) groups is 2. The summed E-state index contributed by atoms with van der Waals surface area (Å²) in [6.07, 6.45) is 7.46. The van der Waals surface area contributed by atoms with Gasteiger partial charge in [-0.1, -0.05) is 25.3 Å². The van der Waals surface area contributed by atoms with Crippen molar-refractivity contribution in [2.45, 2.75) is 51.5 Å². The van der Waals surface area contributed by atoms with Crippen molar-refractivity contribution in [2.75, 3.05) is 0 Å². The van der Waals surface area contributed by atoms with Crippen molar-refractivity contribution in [3.05, 3.63) is 30.1 Å². The molecule has 2 rings (SSSR count). The summed E-state index contributed by atoms with van der Waals surface area (Å²) in [7, 11) is 0. The van der Waals surface area contributed by atoms with Crippen LogP contribution in [0.4, 0.5) is 0 Å². The molecule has 1 saturated carbocycles. The van der Waals surface area contributed by atoms with Gasteiger partial charge in [0.25, 0.3) is 5.91 Å². The van der Waals surface area contributed by atoms with Gasteiger partial charge in [-0.15, -0.1) is 0 Å². The number of carbonyl (C=O) groups excluding carboxylic acids is 2. The van der Waals surface area contributed by atoms with Crippen LogP contribution < -0.4 is 10.7 Å². The van der Waals surface area contributed by atoms with Gasteiger partial charge < -0.3 is 5.32 Å². The molecule has 2 N–H and O–H groups in total. The van der Waals surface area contributed by atoms with Crippen LogP contribution in [0.25, 0.3) is 0 Å². The number of aromatic nitrogens is 1. The number of amides is 2. The molecule has 6 nitrogen and oxygen atoms in total. The van der Waals surface area contributed by atoms with Crippen molar-refractivity contribution in [1.29, 1.82) is 0 Å².